The van der Waals surface area contributed by atoms with Crippen LogP contribution in [0.4, 0.5) is 0 Å². The van der Waals surface area contributed by atoms with Gasteiger partial charge in [-0.1, -0.05) is 24.3 Å². The van der Waals surface area contributed by atoms with Crippen molar-refractivity contribution in [2.24, 2.45) is 0 Å². The highest BCUT2D eigenvalue weighted by molar-refractivity contribution is 7.90. The van der Waals surface area contributed by atoms with Crippen LogP contribution in [-0.4, -0.2) is 30.1 Å². The zero-order valence-corrected chi connectivity index (χ0v) is 16.8. The number of fused-ring (bicyclic) bond motifs is 1. The Kier molecular flexibility index (Phi) is 5.69. The molecule has 3 aromatic rings. The fraction of sp³-hybridized carbons (Fsp3) is 0.250. The van der Waals surface area contributed by atoms with Crippen LogP contribution in [-0.2, 0) is 21.2 Å². The van der Waals surface area contributed by atoms with Gasteiger partial charge in [0.1, 0.15) is 0 Å². The molecule has 0 radical (unpaired) electrons. The molecular weight excluding hydrogens is 394 g/mol. The van der Waals surface area contributed by atoms with Crippen molar-refractivity contribution in [3.05, 3.63) is 74.9 Å². The van der Waals surface area contributed by atoms with Gasteiger partial charge in [0.2, 0.25) is 5.91 Å². The van der Waals surface area contributed by atoms with Crippen LogP contribution in [0.5, 0.6) is 0 Å². The summed E-state index contributed by atoms with van der Waals surface area (Å²) in [4.78, 5) is 38.9. The minimum Gasteiger partial charge on any atom is -0.350 e. The second kappa shape index (κ2) is 8.04. The van der Waals surface area contributed by atoms with Gasteiger partial charge in [0, 0.05) is 19.2 Å². The molecule has 0 spiro atoms. The Morgan fingerprint density at radius 1 is 1.10 bits per heavy atom. The summed E-state index contributed by atoms with van der Waals surface area (Å²) in [5, 5.41) is 3.21. The van der Waals surface area contributed by atoms with Gasteiger partial charge in [-0.3, -0.25) is 19.1 Å². The summed E-state index contributed by atoms with van der Waals surface area (Å²) in [6, 6.07) is 12.7. The Labute approximate surface area is 167 Å². The molecule has 2 aromatic carbocycles. The zero-order valence-electron chi connectivity index (χ0n) is 16.0. The summed E-state index contributed by atoms with van der Waals surface area (Å²) in [6.45, 7) is 1.90. The van der Waals surface area contributed by atoms with E-state index in [2.05, 4.69) is 10.3 Å². The molecule has 1 atom stereocenters. The van der Waals surface area contributed by atoms with Crippen molar-refractivity contribution in [2.75, 3.05) is 6.26 Å². The molecular formula is C20H21N3O5S. The molecule has 29 heavy (non-hydrogen) atoms. The Morgan fingerprint density at radius 3 is 2.41 bits per heavy atom. The van der Waals surface area contributed by atoms with Crippen LogP contribution in [0.2, 0.25) is 0 Å². The predicted molar refractivity (Wildman–Crippen MR) is 110 cm³/mol. The highest BCUT2D eigenvalue weighted by Crippen LogP contribution is 2.16. The Balaban J connectivity index is 1.70. The van der Waals surface area contributed by atoms with Crippen LogP contribution in [0.1, 0.15) is 24.9 Å². The molecule has 0 aliphatic carbocycles. The van der Waals surface area contributed by atoms with Gasteiger partial charge in [-0.15, -0.1) is 0 Å². The SMILES string of the molecule is C[C@H](NC(=O)CCn1c(=O)[nH]c(=O)c2ccccc21)c1ccc(S(C)(=O)=O)cc1. The van der Waals surface area contributed by atoms with Gasteiger partial charge in [0.05, 0.1) is 21.8 Å². The highest BCUT2D eigenvalue weighted by Gasteiger charge is 2.13. The molecule has 0 saturated carbocycles. The van der Waals surface area contributed by atoms with E-state index in [9.17, 15) is 22.8 Å². The molecule has 1 amide bonds. The van der Waals surface area contributed by atoms with Crippen molar-refractivity contribution in [3.63, 3.8) is 0 Å². The maximum Gasteiger partial charge on any atom is 0.328 e. The number of aromatic nitrogens is 2. The lowest BCUT2D eigenvalue weighted by Crippen LogP contribution is -2.33. The topological polar surface area (TPSA) is 118 Å². The number of sulfone groups is 1. The van der Waals surface area contributed by atoms with Crippen LogP contribution >= 0.6 is 0 Å². The number of hydrogen-bond donors (Lipinski definition) is 2. The lowest BCUT2D eigenvalue weighted by Gasteiger charge is -2.15. The van der Waals surface area contributed by atoms with E-state index in [0.717, 1.165) is 11.8 Å². The highest BCUT2D eigenvalue weighted by atomic mass is 32.2. The lowest BCUT2D eigenvalue weighted by molar-refractivity contribution is -0.121. The summed E-state index contributed by atoms with van der Waals surface area (Å²) in [7, 11) is -3.28. The number of para-hydroxylation sites is 1. The third-order valence-electron chi connectivity index (χ3n) is 4.65. The smallest absolute Gasteiger partial charge is 0.328 e. The van der Waals surface area contributed by atoms with Gasteiger partial charge < -0.3 is 5.32 Å². The second-order valence-electron chi connectivity index (χ2n) is 6.81. The van der Waals surface area contributed by atoms with E-state index >= 15 is 0 Å². The van der Waals surface area contributed by atoms with E-state index in [1.54, 1.807) is 43.3 Å². The fourth-order valence-electron chi connectivity index (χ4n) is 3.08. The number of amides is 1. The third-order valence-corrected chi connectivity index (χ3v) is 5.78. The first-order valence-corrected chi connectivity index (χ1v) is 10.9. The van der Waals surface area contributed by atoms with Crippen molar-refractivity contribution >= 4 is 26.6 Å². The Morgan fingerprint density at radius 2 is 1.76 bits per heavy atom. The predicted octanol–water partition coefficient (Wildman–Crippen LogP) is 1.36. The summed E-state index contributed by atoms with van der Waals surface area (Å²) in [6.07, 6.45) is 1.18. The number of aryl methyl sites for hydroxylation is 1. The van der Waals surface area contributed by atoms with Gasteiger partial charge in [-0.25, -0.2) is 13.2 Å². The third kappa shape index (κ3) is 4.62. The molecule has 8 nitrogen and oxygen atoms in total. The first-order chi connectivity index (χ1) is 13.7. The van der Waals surface area contributed by atoms with Crippen LogP contribution in [0, 0.1) is 0 Å². The van der Waals surface area contributed by atoms with Crippen LogP contribution in [0.15, 0.2) is 63.0 Å². The lowest BCUT2D eigenvalue weighted by atomic mass is 10.1. The van der Waals surface area contributed by atoms with Gasteiger partial charge >= 0.3 is 5.69 Å². The second-order valence-corrected chi connectivity index (χ2v) is 8.82. The zero-order chi connectivity index (χ0) is 21.2. The van der Waals surface area contributed by atoms with E-state index in [4.69, 9.17) is 0 Å². The number of carbonyl (C=O) groups excluding carboxylic acids is 1. The number of nitrogens with one attached hydrogen (secondary N) is 2. The molecule has 0 aliphatic heterocycles. The molecule has 0 fully saturated rings. The standard InChI is InChI=1S/C20H21N3O5S/c1-13(14-7-9-15(10-8-14)29(2,27)28)21-18(24)11-12-23-17-6-4-3-5-16(17)19(25)22-20(23)26/h3-10,13H,11-12H2,1-2H3,(H,21,24)(H,22,25,26)/t13-/m0/s1. The van der Waals surface area contributed by atoms with Crippen LogP contribution in [0.25, 0.3) is 10.9 Å². The molecule has 152 valence electrons. The van der Waals surface area contributed by atoms with Crippen molar-refractivity contribution in [1.82, 2.24) is 14.9 Å². The average molecular weight is 415 g/mol. The maximum atomic E-state index is 12.3. The largest absolute Gasteiger partial charge is 0.350 e. The van der Waals surface area contributed by atoms with E-state index < -0.39 is 21.1 Å². The van der Waals surface area contributed by atoms with Gasteiger partial charge in [0.15, 0.2) is 9.84 Å². The fourth-order valence-corrected chi connectivity index (χ4v) is 3.71. The summed E-state index contributed by atoms with van der Waals surface area (Å²) in [5.74, 6) is -0.271. The Bertz CT molecular complexity index is 1270. The molecule has 9 heteroatoms. The molecule has 0 unspecified atom stereocenters. The number of benzene rings is 2. The number of hydrogen-bond acceptors (Lipinski definition) is 5. The van der Waals surface area contributed by atoms with E-state index in [0.29, 0.717) is 10.9 Å². The monoisotopic (exact) mass is 415 g/mol. The van der Waals surface area contributed by atoms with Crippen molar-refractivity contribution in [2.45, 2.75) is 30.8 Å². The minimum atomic E-state index is -3.28. The number of rotatable bonds is 6. The summed E-state index contributed by atoms with van der Waals surface area (Å²) >= 11 is 0. The molecule has 3 rings (SSSR count). The van der Waals surface area contributed by atoms with Gasteiger partial charge in [-0.2, -0.15) is 0 Å². The normalized spacial score (nSPS) is 12.6. The molecule has 1 aromatic heterocycles. The van der Waals surface area contributed by atoms with Crippen LogP contribution < -0.4 is 16.6 Å². The van der Waals surface area contributed by atoms with Crippen LogP contribution in [0.3, 0.4) is 0 Å². The van der Waals surface area contributed by atoms with Crippen molar-refractivity contribution < 1.29 is 13.2 Å². The minimum absolute atomic E-state index is 0.0434. The molecule has 2 N–H and O–H groups in total. The molecule has 0 bridgehead atoms. The number of nitrogens with zero attached hydrogens (tertiary/aromatic N) is 1. The average Bonchev–Trinajstić information content (AvgIpc) is 2.67. The Hall–Kier alpha value is -3.20. The van der Waals surface area contributed by atoms with Gasteiger partial charge in [-0.05, 0) is 36.8 Å². The molecule has 0 saturated heterocycles. The van der Waals surface area contributed by atoms with Crippen molar-refractivity contribution in [1.29, 1.82) is 0 Å². The quantitative estimate of drug-likeness (QED) is 0.630. The number of carbonyl (C=O) groups is 1. The first kappa shape index (κ1) is 20.5. The number of H-pyrrole nitrogens is 1. The summed E-state index contributed by atoms with van der Waals surface area (Å²) in [5.41, 5.74) is 0.208. The maximum absolute atomic E-state index is 12.3. The number of aromatic amines is 1. The molecule has 0 aliphatic rings. The first-order valence-electron chi connectivity index (χ1n) is 8.98. The van der Waals surface area contributed by atoms with Gasteiger partial charge in [0.25, 0.3) is 5.56 Å². The van der Waals surface area contributed by atoms with E-state index in [-0.39, 0.29) is 29.8 Å². The van der Waals surface area contributed by atoms with E-state index in [1.165, 1.54) is 16.7 Å². The summed E-state index contributed by atoms with van der Waals surface area (Å²) < 4.78 is 24.4. The van der Waals surface area contributed by atoms with E-state index in [1.807, 2.05) is 0 Å². The van der Waals surface area contributed by atoms with Crippen molar-refractivity contribution in [3.8, 4) is 0 Å². The molecule has 1 heterocycles.